The average molecular weight is 598 g/mol. The minimum atomic E-state index is -0.114. The molecule has 0 saturated heterocycles. The summed E-state index contributed by atoms with van der Waals surface area (Å²) in [6, 6.07) is 32.3. The van der Waals surface area contributed by atoms with Gasteiger partial charge >= 0.3 is 0 Å². The lowest BCUT2D eigenvalue weighted by Crippen LogP contribution is -2.17. The predicted octanol–water partition coefficient (Wildman–Crippen LogP) is 12.4. The first kappa shape index (κ1) is 28.8. The van der Waals surface area contributed by atoms with Crippen LogP contribution in [0.1, 0.15) is 88.8 Å². The highest BCUT2D eigenvalue weighted by atomic mass is 14.9. The largest absolute Gasteiger partial charge is 0.356 e. The number of allylic oxidation sites excluding steroid dienone is 5. The molecule has 0 aliphatic heterocycles. The molecule has 0 spiro atoms. The van der Waals surface area contributed by atoms with E-state index in [1.807, 2.05) is 6.08 Å². The van der Waals surface area contributed by atoms with E-state index in [0.29, 0.717) is 0 Å². The van der Waals surface area contributed by atoms with Crippen LogP contribution in [0.15, 0.2) is 115 Å². The van der Waals surface area contributed by atoms with Gasteiger partial charge in [-0.2, -0.15) is 0 Å². The summed E-state index contributed by atoms with van der Waals surface area (Å²) in [4.78, 5) is 0. The van der Waals surface area contributed by atoms with Crippen molar-refractivity contribution in [3.05, 3.63) is 148 Å². The summed E-state index contributed by atoms with van der Waals surface area (Å²) >= 11 is 0. The Labute approximate surface area is 274 Å². The molecule has 3 aliphatic carbocycles. The summed E-state index contributed by atoms with van der Waals surface area (Å²) in [6.45, 7) is 22.7. The topological polar surface area (TPSA) is 12.0 Å². The Bertz CT molecular complexity index is 2230. The first-order chi connectivity index (χ1) is 21.8. The lowest BCUT2D eigenvalue weighted by molar-refractivity contribution is 0.652. The molecule has 0 atom stereocenters. The van der Waals surface area contributed by atoms with Crippen molar-refractivity contribution in [1.82, 2.24) is 0 Å². The molecule has 1 nitrogen and oxygen atoms in total. The maximum atomic E-state index is 4.17. The zero-order valence-electron chi connectivity index (χ0n) is 28.4. The second-order valence-corrected chi connectivity index (χ2v) is 15.4. The zero-order chi connectivity index (χ0) is 32.3. The molecule has 0 heterocycles. The molecule has 8 rings (SSSR count). The van der Waals surface area contributed by atoms with Crippen LogP contribution >= 0.6 is 0 Å². The number of anilines is 2. The number of benzene rings is 5. The van der Waals surface area contributed by atoms with Crippen LogP contribution < -0.4 is 5.32 Å². The van der Waals surface area contributed by atoms with Crippen molar-refractivity contribution in [2.75, 3.05) is 5.32 Å². The van der Waals surface area contributed by atoms with Gasteiger partial charge in [-0.15, -0.1) is 0 Å². The van der Waals surface area contributed by atoms with Gasteiger partial charge in [0, 0.05) is 27.6 Å². The van der Waals surface area contributed by atoms with E-state index in [0.717, 1.165) is 11.4 Å². The van der Waals surface area contributed by atoms with Gasteiger partial charge in [0.2, 0.25) is 0 Å². The molecule has 0 amide bonds. The van der Waals surface area contributed by atoms with E-state index in [-0.39, 0.29) is 16.2 Å². The fraction of sp³-hybridized carbons (Fsp3) is 0.244. The Hall–Kier alpha value is -4.62. The Balaban J connectivity index is 1.19. The van der Waals surface area contributed by atoms with E-state index in [2.05, 4.69) is 158 Å². The van der Waals surface area contributed by atoms with Gasteiger partial charge in [-0.3, -0.25) is 0 Å². The van der Waals surface area contributed by atoms with Gasteiger partial charge in [-0.05, 0) is 128 Å². The molecule has 5 aromatic rings. The van der Waals surface area contributed by atoms with Crippen molar-refractivity contribution in [3.63, 3.8) is 0 Å². The standard InChI is InChI=1S/C45H43N/c1-10-30-32-18-16-28(22-38(32)44(6,7)37(30)21-26(2)3)46-29-17-19-33-34-24-41-35(25-40(34)45(8,9)39(33)23-29)42-31-14-12-11-13-27(31)15-20-36(42)43(41,4)5/h10-25,46H,1H2,2-9H3. The van der Waals surface area contributed by atoms with E-state index >= 15 is 0 Å². The summed E-state index contributed by atoms with van der Waals surface area (Å²) in [6.07, 6.45) is 4.34. The van der Waals surface area contributed by atoms with E-state index in [4.69, 9.17) is 0 Å². The molecule has 1 heteroatoms. The Morgan fingerprint density at radius 2 is 1.17 bits per heavy atom. The third-order valence-electron chi connectivity index (χ3n) is 11.2. The van der Waals surface area contributed by atoms with Gasteiger partial charge < -0.3 is 5.32 Å². The summed E-state index contributed by atoms with van der Waals surface area (Å²) in [5.74, 6) is 0. The molecule has 0 saturated carbocycles. The summed E-state index contributed by atoms with van der Waals surface area (Å²) in [7, 11) is 0. The summed E-state index contributed by atoms with van der Waals surface area (Å²) in [5.41, 5.74) is 19.7. The number of hydrogen-bond acceptors (Lipinski definition) is 1. The number of rotatable bonds is 4. The van der Waals surface area contributed by atoms with Crippen LogP contribution in [0.25, 0.3) is 38.6 Å². The number of nitrogens with one attached hydrogen (secondary N) is 1. The van der Waals surface area contributed by atoms with Crippen molar-refractivity contribution in [2.45, 2.75) is 71.6 Å². The molecule has 46 heavy (non-hydrogen) atoms. The molecule has 5 aromatic carbocycles. The predicted molar refractivity (Wildman–Crippen MR) is 198 cm³/mol. The quantitative estimate of drug-likeness (QED) is 0.217. The van der Waals surface area contributed by atoms with Gasteiger partial charge in [0.05, 0.1) is 0 Å². The number of hydrogen-bond donors (Lipinski definition) is 1. The molecule has 0 bridgehead atoms. The van der Waals surface area contributed by atoms with E-state index in [9.17, 15) is 0 Å². The third kappa shape index (κ3) is 3.81. The highest BCUT2D eigenvalue weighted by Gasteiger charge is 2.42. The summed E-state index contributed by atoms with van der Waals surface area (Å²) < 4.78 is 0. The SMILES string of the molecule is C=CC1=C(C=C(C)C)C(C)(C)c2cc(Nc3ccc4c(c3)C(C)(C)c3cc5c(cc3-4)C(C)(C)c3ccc4ccccc4c3-5)ccc21. The van der Waals surface area contributed by atoms with Crippen LogP contribution in [0, 0.1) is 0 Å². The first-order valence-corrected chi connectivity index (χ1v) is 16.6. The highest BCUT2D eigenvalue weighted by Crippen LogP contribution is 2.57. The maximum absolute atomic E-state index is 4.17. The van der Waals surface area contributed by atoms with Gasteiger partial charge in [-0.1, -0.05) is 114 Å². The normalized spacial score (nSPS) is 17.2. The number of fused-ring (bicyclic) bond motifs is 9. The molecule has 0 fully saturated rings. The van der Waals surface area contributed by atoms with Crippen molar-refractivity contribution in [3.8, 4) is 22.3 Å². The van der Waals surface area contributed by atoms with Crippen LogP contribution in [0.5, 0.6) is 0 Å². The average Bonchev–Trinajstić information content (AvgIpc) is 3.48. The van der Waals surface area contributed by atoms with Crippen molar-refractivity contribution >= 4 is 27.7 Å². The molecule has 0 radical (unpaired) electrons. The molecule has 228 valence electrons. The van der Waals surface area contributed by atoms with Crippen LogP contribution in [0.3, 0.4) is 0 Å². The second kappa shape index (κ2) is 9.46. The Kier molecular flexibility index (Phi) is 5.93. The Morgan fingerprint density at radius 3 is 1.87 bits per heavy atom. The van der Waals surface area contributed by atoms with Crippen LogP contribution in [-0.2, 0) is 16.2 Å². The van der Waals surface area contributed by atoms with Crippen molar-refractivity contribution in [1.29, 1.82) is 0 Å². The molecule has 0 unspecified atom stereocenters. The maximum Gasteiger partial charge on any atom is 0.0387 e. The Morgan fingerprint density at radius 1 is 0.587 bits per heavy atom. The zero-order valence-corrected chi connectivity index (χ0v) is 28.4. The fourth-order valence-electron chi connectivity index (χ4n) is 8.74. The lowest BCUT2D eigenvalue weighted by Gasteiger charge is -2.25. The first-order valence-electron chi connectivity index (χ1n) is 16.6. The van der Waals surface area contributed by atoms with E-state index in [1.165, 1.54) is 83.1 Å². The van der Waals surface area contributed by atoms with E-state index in [1.54, 1.807) is 0 Å². The van der Waals surface area contributed by atoms with Gasteiger partial charge in [0.15, 0.2) is 0 Å². The van der Waals surface area contributed by atoms with Crippen molar-refractivity contribution < 1.29 is 0 Å². The minimum Gasteiger partial charge on any atom is -0.356 e. The minimum absolute atomic E-state index is 0.0503. The van der Waals surface area contributed by atoms with Crippen LogP contribution in [0.2, 0.25) is 0 Å². The molecule has 0 aromatic heterocycles. The smallest absolute Gasteiger partial charge is 0.0387 e. The van der Waals surface area contributed by atoms with Gasteiger partial charge in [-0.25, -0.2) is 0 Å². The van der Waals surface area contributed by atoms with Crippen molar-refractivity contribution in [2.24, 2.45) is 0 Å². The van der Waals surface area contributed by atoms with Crippen LogP contribution in [-0.4, -0.2) is 0 Å². The van der Waals surface area contributed by atoms with E-state index < -0.39 is 0 Å². The van der Waals surface area contributed by atoms with Gasteiger partial charge in [0.1, 0.15) is 0 Å². The van der Waals surface area contributed by atoms with Gasteiger partial charge in [0.25, 0.3) is 0 Å². The second-order valence-electron chi connectivity index (χ2n) is 15.4. The fourth-order valence-corrected chi connectivity index (χ4v) is 8.74. The third-order valence-corrected chi connectivity index (χ3v) is 11.2. The molecule has 3 aliphatic rings. The van der Waals surface area contributed by atoms with Crippen LogP contribution in [0.4, 0.5) is 11.4 Å². The molecule has 1 N–H and O–H groups in total. The summed E-state index contributed by atoms with van der Waals surface area (Å²) in [5, 5.41) is 6.45. The lowest BCUT2D eigenvalue weighted by atomic mass is 9.79. The molecular formula is C45H43N. The molecular weight excluding hydrogens is 555 g/mol. The monoisotopic (exact) mass is 597 g/mol. The highest BCUT2D eigenvalue weighted by molar-refractivity contribution is 6.03.